The number of likely N-dealkylation sites (N-methyl/N-ethyl adjacent to an activating group) is 1. The topological polar surface area (TPSA) is 46.2 Å². The minimum atomic E-state index is -2.79. The van der Waals surface area contributed by atoms with Crippen molar-refractivity contribution in [1.82, 2.24) is 5.32 Å². The van der Waals surface area contributed by atoms with Crippen LogP contribution in [0.15, 0.2) is 24.3 Å². The minimum Gasteiger partial charge on any atom is -0.314 e. The highest BCUT2D eigenvalue weighted by Crippen LogP contribution is 2.25. The van der Waals surface area contributed by atoms with Crippen LogP contribution in [0.1, 0.15) is 25.3 Å². The highest BCUT2D eigenvalue weighted by Gasteiger charge is 2.29. The van der Waals surface area contributed by atoms with Gasteiger partial charge in [0.25, 0.3) is 0 Å². The van der Waals surface area contributed by atoms with Crippen molar-refractivity contribution in [2.75, 3.05) is 18.1 Å². The van der Waals surface area contributed by atoms with Gasteiger partial charge in [-0.3, -0.25) is 0 Å². The number of hydrogen-bond donors (Lipinski definition) is 1. The Morgan fingerprint density at radius 1 is 1.40 bits per heavy atom. The quantitative estimate of drug-likeness (QED) is 0.878. The summed E-state index contributed by atoms with van der Waals surface area (Å²) in [5, 5.41) is 4.25. The lowest BCUT2D eigenvalue weighted by molar-refractivity contribution is 0.409. The fourth-order valence-corrected chi connectivity index (χ4v) is 5.01. The van der Waals surface area contributed by atoms with Gasteiger partial charge >= 0.3 is 0 Å². The number of benzene rings is 1. The first kappa shape index (κ1) is 15.8. The molecular weight excluding hydrogens is 294 g/mol. The molecule has 1 aliphatic rings. The Balaban J connectivity index is 1.99. The van der Waals surface area contributed by atoms with Crippen molar-refractivity contribution < 1.29 is 8.42 Å². The summed E-state index contributed by atoms with van der Waals surface area (Å²) in [5.41, 5.74) is 1.13. The molecule has 112 valence electrons. The van der Waals surface area contributed by atoms with Gasteiger partial charge in [0.1, 0.15) is 0 Å². The number of sulfone groups is 1. The predicted molar refractivity (Wildman–Crippen MR) is 84.0 cm³/mol. The maximum atomic E-state index is 11.6. The number of rotatable bonds is 6. The van der Waals surface area contributed by atoms with Gasteiger partial charge in [-0.15, -0.1) is 0 Å². The summed E-state index contributed by atoms with van der Waals surface area (Å²) in [6.07, 6.45) is 2.55. The molecule has 2 atom stereocenters. The van der Waals surface area contributed by atoms with Gasteiger partial charge in [-0.05, 0) is 43.4 Å². The van der Waals surface area contributed by atoms with E-state index in [0.29, 0.717) is 11.5 Å². The summed E-state index contributed by atoms with van der Waals surface area (Å²) in [4.78, 5) is 0. The molecule has 20 heavy (non-hydrogen) atoms. The maximum Gasteiger partial charge on any atom is 0.150 e. The van der Waals surface area contributed by atoms with Crippen molar-refractivity contribution in [3.8, 4) is 0 Å². The van der Waals surface area contributed by atoms with Gasteiger partial charge in [0.05, 0.1) is 11.5 Å². The minimum absolute atomic E-state index is 0.284. The summed E-state index contributed by atoms with van der Waals surface area (Å²) in [5.74, 6) is 0.978. The number of halogens is 1. The highest BCUT2D eigenvalue weighted by molar-refractivity contribution is 7.91. The van der Waals surface area contributed by atoms with Crippen LogP contribution in [0, 0.1) is 5.92 Å². The average molecular weight is 316 g/mol. The average Bonchev–Trinajstić information content (AvgIpc) is 2.72. The first-order valence-electron chi connectivity index (χ1n) is 7.17. The Bertz CT molecular complexity index is 545. The van der Waals surface area contributed by atoms with Gasteiger partial charge in [-0.2, -0.15) is 0 Å². The Labute approximate surface area is 126 Å². The predicted octanol–water partition coefficient (Wildman–Crippen LogP) is 2.69. The second kappa shape index (κ2) is 6.92. The van der Waals surface area contributed by atoms with Gasteiger partial charge < -0.3 is 5.32 Å². The van der Waals surface area contributed by atoms with Crippen LogP contribution in [0.5, 0.6) is 0 Å². The van der Waals surface area contributed by atoms with Gasteiger partial charge in [0.15, 0.2) is 9.84 Å². The lowest BCUT2D eigenvalue weighted by Gasteiger charge is -2.21. The van der Waals surface area contributed by atoms with Crippen molar-refractivity contribution in [3.63, 3.8) is 0 Å². The van der Waals surface area contributed by atoms with Crippen LogP contribution in [0.4, 0.5) is 0 Å². The summed E-state index contributed by atoms with van der Waals surface area (Å²) in [7, 11) is -2.79. The first-order valence-corrected chi connectivity index (χ1v) is 9.37. The van der Waals surface area contributed by atoms with Crippen LogP contribution >= 0.6 is 11.6 Å². The molecule has 1 aromatic rings. The first-order chi connectivity index (χ1) is 9.50. The van der Waals surface area contributed by atoms with Gasteiger partial charge in [0.2, 0.25) is 0 Å². The van der Waals surface area contributed by atoms with E-state index in [0.717, 1.165) is 36.4 Å². The zero-order valence-electron chi connectivity index (χ0n) is 11.8. The summed E-state index contributed by atoms with van der Waals surface area (Å²) >= 11 is 6.21. The molecule has 0 aromatic heterocycles. The third-order valence-corrected chi connectivity index (χ3v) is 6.07. The van der Waals surface area contributed by atoms with Crippen LogP contribution in [-0.4, -0.2) is 32.5 Å². The SMILES string of the molecule is CCNC(Cc1ccccc1Cl)CC1CCS(=O)(=O)C1. The lowest BCUT2D eigenvalue weighted by Crippen LogP contribution is -2.33. The van der Waals surface area contributed by atoms with Crippen LogP contribution in [0.25, 0.3) is 0 Å². The fraction of sp³-hybridized carbons (Fsp3) is 0.600. The largest absolute Gasteiger partial charge is 0.314 e. The molecule has 0 spiro atoms. The van der Waals surface area contributed by atoms with E-state index in [1.54, 1.807) is 0 Å². The molecule has 2 rings (SSSR count). The van der Waals surface area contributed by atoms with E-state index in [9.17, 15) is 8.42 Å². The molecule has 2 unspecified atom stereocenters. The summed E-state index contributed by atoms with van der Waals surface area (Å²) in [6.45, 7) is 2.96. The smallest absolute Gasteiger partial charge is 0.150 e. The molecule has 0 aliphatic carbocycles. The highest BCUT2D eigenvalue weighted by atomic mass is 35.5. The summed E-state index contributed by atoms with van der Waals surface area (Å²) in [6, 6.07) is 8.15. The Morgan fingerprint density at radius 3 is 2.75 bits per heavy atom. The van der Waals surface area contributed by atoms with Crippen LogP contribution < -0.4 is 5.32 Å². The van der Waals surface area contributed by atoms with Crippen LogP contribution in [-0.2, 0) is 16.3 Å². The van der Waals surface area contributed by atoms with E-state index in [1.807, 2.05) is 24.3 Å². The van der Waals surface area contributed by atoms with E-state index < -0.39 is 9.84 Å². The second-order valence-corrected chi connectivity index (χ2v) is 8.19. The summed E-state index contributed by atoms with van der Waals surface area (Å²) < 4.78 is 23.1. The second-order valence-electron chi connectivity index (χ2n) is 5.55. The molecule has 0 radical (unpaired) electrons. The maximum absolute atomic E-state index is 11.6. The van der Waals surface area contributed by atoms with Crippen molar-refractivity contribution in [2.45, 2.75) is 32.2 Å². The van der Waals surface area contributed by atoms with E-state index in [1.165, 1.54) is 0 Å². The van der Waals surface area contributed by atoms with Gasteiger partial charge in [-0.25, -0.2) is 8.42 Å². The molecule has 1 aliphatic heterocycles. The van der Waals surface area contributed by atoms with E-state index in [2.05, 4.69) is 12.2 Å². The zero-order valence-corrected chi connectivity index (χ0v) is 13.4. The number of hydrogen-bond acceptors (Lipinski definition) is 3. The normalized spacial score (nSPS) is 22.8. The molecule has 0 amide bonds. The van der Waals surface area contributed by atoms with Gasteiger partial charge in [-0.1, -0.05) is 36.7 Å². The molecule has 3 nitrogen and oxygen atoms in total. The lowest BCUT2D eigenvalue weighted by atomic mass is 9.94. The van der Waals surface area contributed by atoms with Crippen molar-refractivity contribution in [1.29, 1.82) is 0 Å². The fourth-order valence-electron chi connectivity index (χ4n) is 2.92. The van der Waals surface area contributed by atoms with Crippen molar-refractivity contribution >= 4 is 21.4 Å². The molecule has 1 saturated heterocycles. The molecule has 0 saturated carbocycles. The van der Waals surface area contributed by atoms with Crippen LogP contribution in [0.3, 0.4) is 0 Å². The van der Waals surface area contributed by atoms with E-state index in [4.69, 9.17) is 11.6 Å². The van der Waals surface area contributed by atoms with E-state index >= 15 is 0 Å². The molecule has 0 bridgehead atoms. The molecular formula is C15H22ClNO2S. The Morgan fingerprint density at radius 2 is 2.15 bits per heavy atom. The monoisotopic (exact) mass is 315 g/mol. The van der Waals surface area contributed by atoms with Crippen LogP contribution in [0.2, 0.25) is 5.02 Å². The molecule has 5 heteroatoms. The third-order valence-electron chi connectivity index (χ3n) is 3.86. The Kier molecular flexibility index (Phi) is 5.47. The standard InChI is InChI=1S/C15H22ClNO2S/c1-2-17-14(9-12-7-8-20(18,19)11-12)10-13-5-3-4-6-15(13)16/h3-6,12,14,17H,2,7-11H2,1H3. The van der Waals surface area contributed by atoms with Gasteiger partial charge in [0, 0.05) is 11.1 Å². The van der Waals surface area contributed by atoms with Crippen molar-refractivity contribution in [2.24, 2.45) is 5.92 Å². The van der Waals surface area contributed by atoms with E-state index in [-0.39, 0.29) is 12.0 Å². The molecule has 1 N–H and O–H groups in total. The molecule has 1 heterocycles. The number of nitrogens with one attached hydrogen (secondary N) is 1. The zero-order chi connectivity index (χ0) is 14.6. The Hall–Kier alpha value is -0.580. The third kappa shape index (κ3) is 4.47. The molecule has 1 fully saturated rings. The van der Waals surface area contributed by atoms with Crippen molar-refractivity contribution in [3.05, 3.63) is 34.9 Å². The molecule has 1 aromatic carbocycles.